The van der Waals surface area contributed by atoms with Gasteiger partial charge in [-0.1, -0.05) is 15.9 Å². The fourth-order valence-corrected chi connectivity index (χ4v) is 4.52. The van der Waals surface area contributed by atoms with Crippen LogP contribution in [0.1, 0.15) is 32.3 Å². The predicted molar refractivity (Wildman–Crippen MR) is 114 cm³/mol. The molecular formula is C21H30BrN3O4. The number of carbonyl (C=O) groups is 2. The SMILES string of the molecule is COc1ccc(Br)cc1CNC(=O)N1CCC(C(=O)N2CC(C)OC(C)C2)CC1. The van der Waals surface area contributed by atoms with Gasteiger partial charge in [-0.15, -0.1) is 0 Å². The van der Waals surface area contributed by atoms with Crippen LogP contribution in [0.4, 0.5) is 4.79 Å². The van der Waals surface area contributed by atoms with E-state index in [4.69, 9.17) is 9.47 Å². The number of carbonyl (C=O) groups excluding carboxylic acids is 2. The largest absolute Gasteiger partial charge is 0.496 e. The average molecular weight is 468 g/mol. The van der Waals surface area contributed by atoms with Gasteiger partial charge >= 0.3 is 6.03 Å². The smallest absolute Gasteiger partial charge is 0.317 e. The summed E-state index contributed by atoms with van der Waals surface area (Å²) in [5, 5.41) is 2.96. The van der Waals surface area contributed by atoms with Gasteiger partial charge in [-0.2, -0.15) is 0 Å². The number of piperidine rings is 1. The molecule has 1 aromatic carbocycles. The van der Waals surface area contributed by atoms with Gasteiger partial charge in [-0.3, -0.25) is 4.79 Å². The molecule has 1 N–H and O–H groups in total. The molecule has 3 rings (SSSR count). The van der Waals surface area contributed by atoms with Crippen LogP contribution < -0.4 is 10.1 Å². The Labute approximate surface area is 180 Å². The number of urea groups is 1. The molecule has 2 aliphatic heterocycles. The minimum Gasteiger partial charge on any atom is -0.496 e. The highest BCUT2D eigenvalue weighted by Gasteiger charge is 2.33. The van der Waals surface area contributed by atoms with Crippen LogP contribution in [0.5, 0.6) is 5.75 Å². The van der Waals surface area contributed by atoms with Crippen molar-refractivity contribution in [2.45, 2.75) is 45.4 Å². The second kappa shape index (κ2) is 9.80. The van der Waals surface area contributed by atoms with Crippen LogP contribution in [-0.4, -0.2) is 67.2 Å². The van der Waals surface area contributed by atoms with Crippen molar-refractivity contribution in [1.82, 2.24) is 15.1 Å². The topological polar surface area (TPSA) is 71.1 Å². The molecule has 0 saturated carbocycles. The van der Waals surface area contributed by atoms with Crippen LogP contribution >= 0.6 is 15.9 Å². The Morgan fingerprint density at radius 2 is 1.83 bits per heavy atom. The van der Waals surface area contributed by atoms with Crippen LogP contribution in [0, 0.1) is 5.92 Å². The second-order valence-corrected chi connectivity index (χ2v) is 8.79. The van der Waals surface area contributed by atoms with Gasteiger partial charge in [-0.05, 0) is 44.9 Å². The summed E-state index contributed by atoms with van der Waals surface area (Å²) < 4.78 is 12.0. The first-order chi connectivity index (χ1) is 13.9. The van der Waals surface area contributed by atoms with Gasteiger partial charge in [0.15, 0.2) is 0 Å². The standard InChI is InChI=1S/C21H30BrN3O4/c1-14-12-25(13-15(2)29-14)20(26)16-6-8-24(9-7-16)21(27)23-11-17-10-18(22)4-5-19(17)28-3/h4-5,10,14-16H,6-9,11-13H2,1-3H3,(H,23,27). The normalized spacial score (nSPS) is 23.0. The van der Waals surface area contributed by atoms with E-state index in [1.807, 2.05) is 36.9 Å². The van der Waals surface area contributed by atoms with Gasteiger partial charge in [0.1, 0.15) is 5.75 Å². The fourth-order valence-electron chi connectivity index (χ4n) is 4.11. The Hall–Kier alpha value is -1.80. The van der Waals surface area contributed by atoms with Crippen LogP contribution in [0.25, 0.3) is 0 Å². The lowest BCUT2D eigenvalue weighted by molar-refractivity contribution is -0.148. The van der Waals surface area contributed by atoms with E-state index in [2.05, 4.69) is 21.2 Å². The number of nitrogens with zero attached hydrogens (tertiary/aromatic N) is 2. The molecule has 2 atom stereocenters. The van der Waals surface area contributed by atoms with Crippen molar-refractivity contribution in [1.29, 1.82) is 0 Å². The van der Waals surface area contributed by atoms with E-state index in [1.54, 1.807) is 12.0 Å². The zero-order chi connectivity index (χ0) is 21.0. The van der Waals surface area contributed by atoms with E-state index >= 15 is 0 Å². The summed E-state index contributed by atoms with van der Waals surface area (Å²) in [6.07, 6.45) is 1.55. The van der Waals surface area contributed by atoms with E-state index in [0.717, 1.165) is 15.8 Å². The highest BCUT2D eigenvalue weighted by molar-refractivity contribution is 9.10. The first-order valence-corrected chi connectivity index (χ1v) is 11.0. The summed E-state index contributed by atoms with van der Waals surface area (Å²) in [6, 6.07) is 5.61. The Bertz CT molecular complexity index is 727. The molecule has 0 spiro atoms. The molecule has 1 aromatic rings. The number of halogens is 1. The lowest BCUT2D eigenvalue weighted by Gasteiger charge is -2.39. The fraction of sp³-hybridized carbons (Fsp3) is 0.619. The Balaban J connectivity index is 1.48. The maximum Gasteiger partial charge on any atom is 0.317 e. The molecule has 2 fully saturated rings. The second-order valence-electron chi connectivity index (χ2n) is 7.88. The van der Waals surface area contributed by atoms with E-state index in [-0.39, 0.29) is 30.1 Å². The van der Waals surface area contributed by atoms with Crippen molar-refractivity contribution in [3.8, 4) is 5.75 Å². The molecule has 160 valence electrons. The quantitative estimate of drug-likeness (QED) is 0.738. The van der Waals surface area contributed by atoms with Crippen molar-refractivity contribution in [3.05, 3.63) is 28.2 Å². The minimum atomic E-state index is -0.105. The van der Waals surface area contributed by atoms with Crippen molar-refractivity contribution < 1.29 is 19.1 Å². The highest BCUT2D eigenvalue weighted by Crippen LogP contribution is 2.24. The molecule has 7 nitrogen and oxygen atoms in total. The van der Waals surface area contributed by atoms with Gasteiger partial charge < -0.3 is 24.6 Å². The van der Waals surface area contributed by atoms with Crippen LogP contribution in [-0.2, 0) is 16.1 Å². The molecule has 2 saturated heterocycles. The van der Waals surface area contributed by atoms with Crippen LogP contribution in [0.2, 0.25) is 0 Å². The zero-order valence-electron chi connectivity index (χ0n) is 17.3. The van der Waals surface area contributed by atoms with Crippen LogP contribution in [0.15, 0.2) is 22.7 Å². The maximum atomic E-state index is 12.9. The number of likely N-dealkylation sites (tertiary alicyclic amines) is 1. The van der Waals surface area contributed by atoms with Crippen LogP contribution in [0.3, 0.4) is 0 Å². The third-order valence-corrected chi connectivity index (χ3v) is 6.03. The predicted octanol–water partition coefficient (Wildman–Crippen LogP) is 3.02. The number of ether oxygens (including phenoxy) is 2. The number of methoxy groups -OCH3 is 1. The summed E-state index contributed by atoms with van der Waals surface area (Å²) in [5.41, 5.74) is 0.913. The van der Waals surface area contributed by atoms with Crippen molar-refractivity contribution >= 4 is 27.9 Å². The third kappa shape index (κ3) is 5.63. The summed E-state index contributed by atoms with van der Waals surface area (Å²) in [5.74, 6) is 0.930. The Morgan fingerprint density at radius 1 is 1.17 bits per heavy atom. The molecule has 0 radical (unpaired) electrons. The molecule has 2 heterocycles. The summed E-state index contributed by atoms with van der Waals surface area (Å²) in [6.45, 7) is 6.88. The number of hydrogen-bond acceptors (Lipinski definition) is 4. The van der Waals surface area contributed by atoms with E-state index in [9.17, 15) is 9.59 Å². The zero-order valence-corrected chi connectivity index (χ0v) is 18.9. The number of nitrogens with one attached hydrogen (secondary N) is 1. The molecular weight excluding hydrogens is 438 g/mol. The number of morpholine rings is 1. The number of amides is 3. The van der Waals surface area contributed by atoms with E-state index < -0.39 is 0 Å². The first kappa shape index (κ1) is 21.9. The van der Waals surface area contributed by atoms with E-state index in [0.29, 0.717) is 45.6 Å². The van der Waals surface area contributed by atoms with Crippen molar-refractivity contribution in [3.63, 3.8) is 0 Å². The molecule has 8 heteroatoms. The number of benzene rings is 1. The summed E-state index contributed by atoms with van der Waals surface area (Å²) in [7, 11) is 1.62. The van der Waals surface area contributed by atoms with Crippen molar-refractivity contribution in [2.75, 3.05) is 33.3 Å². The number of rotatable bonds is 4. The number of hydrogen-bond donors (Lipinski definition) is 1. The van der Waals surface area contributed by atoms with Crippen molar-refractivity contribution in [2.24, 2.45) is 5.92 Å². The van der Waals surface area contributed by atoms with Gasteiger partial charge in [0.05, 0.1) is 19.3 Å². The summed E-state index contributed by atoms with van der Waals surface area (Å²) in [4.78, 5) is 29.2. The Kier molecular flexibility index (Phi) is 7.40. The molecule has 29 heavy (non-hydrogen) atoms. The molecule has 0 bridgehead atoms. The monoisotopic (exact) mass is 467 g/mol. The molecule has 0 aliphatic carbocycles. The molecule has 3 amide bonds. The lowest BCUT2D eigenvalue weighted by atomic mass is 9.95. The molecule has 2 aliphatic rings. The van der Waals surface area contributed by atoms with Gasteiger partial charge in [0.2, 0.25) is 5.91 Å². The maximum absolute atomic E-state index is 12.9. The molecule has 0 aromatic heterocycles. The minimum absolute atomic E-state index is 0.0123. The third-order valence-electron chi connectivity index (χ3n) is 5.54. The van der Waals surface area contributed by atoms with Gasteiger partial charge in [-0.25, -0.2) is 4.79 Å². The molecule has 2 unspecified atom stereocenters. The van der Waals surface area contributed by atoms with Gasteiger partial charge in [0.25, 0.3) is 0 Å². The first-order valence-electron chi connectivity index (χ1n) is 10.2. The Morgan fingerprint density at radius 3 is 2.45 bits per heavy atom. The summed E-state index contributed by atoms with van der Waals surface area (Å²) >= 11 is 3.45. The van der Waals surface area contributed by atoms with Gasteiger partial charge in [0, 0.05) is 48.7 Å². The highest BCUT2D eigenvalue weighted by atomic mass is 79.9. The lowest BCUT2D eigenvalue weighted by Crippen LogP contribution is -2.52. The average Bonchev–Trinajstić information content (AvgIpc) is 2.71. The van der Waals surface area contributed by atoms with E-state index in [1.165, 1.54) is 0 Å².